The highest BCUT2D eigenvalue weighted by Crippen LogP contribution is 2.33. The highest BCUT2D eigenvalue weighted by molar-refractivity contribution is 6.07. The van der Waals surface area contributed by atoms with Crippen molar-refractivity contribution in [2.45, 2.75) is 39.4 Å². The minimum absolute atomic E-state index is 0.0932. The number of benzene rings is 2. The number of fused-ring (bicyclic) bond motifs is 1. The number of rotatable bonds is 6. The summed E-state index contributed by atoms with van der Waals surface area (Å²) in [5.41, 5.74) is 2.51. The van der Waals surface area contributed by atoms with E-state index in [1.165, 1.54) is 0 Å². The average molecular weight is 519 g/mol. The summed E-state index contributed by atoms with van der Waals surface area (Å²) < 4.78 is 44.2. The van der Waals surface area contributed by atoms with Crippen molar-refractivity contribution in [3.05, 3.63) is 101 Å². The summed E-state index contributed by atoms with van der Waals surface area (Å²) >= 11 is 0. The Bertz CT molecular complexity index is 1620. The Hall–Kier alpha value is -4.47. The summed E-state index contributed by atoms with van der Waals surface area (Å²) in [6.07, 6.45) is -1.91. The normalized spacial score (nSPS) is 11.9. The van der Waals surface area contributed by atoms with E-state index < -0.39 is 17.8 Å². The van der Waals surface area contributed by atoms with Crippen molar-refractivity contribution in [2.24, 2.45) is 0 Å². The van der Waals surface area contributed by atoms with Gasteiger partial charge in [-0.1, -0.05) is 67.9 Å². The summed E-state index contributed by atoms with van der Waals surface area (Å²) in [7, 11) is 0. The molecule has 0 unspecified atom stereocenters. The highest BCUT2D eigenvalue weighted by atomic mass is 19.4. The molecule has 194 valence electrons. The van der Waals surface area contributed by atoms with Crippen molar-refractivity contribution in [3.63, 3.8) is 0 Å². The molecule has 5 rings (SSSR count). The maximum absolute atomic E-state index is 13.9. The summed E-state index contributed by atoms with van der Waals surface area (Å²) in [5.74, 6) is -0.122. The van der Waals surface area contributed by atoms with Crippen LogP contribution in [0.2, 0.25) is 0 Å². The van der Waals surface area contributed by atoms with Gasteiger partial charge in [0, 0.05) is 17.8 Å². The van der Waals surface area contributed by atoms with E-state index in [2.05, 4.69) is 20.5 Å². The lowest BCUT2D eigenvalue weighted by Gasteiger charge is -2.12. The van der Waals surface area contributed by atoms with E-state index in [0.717, 1.165) is 29.0 Å². The van der Waals surface area contributed by atoms with Crippen LogP contribution in [0.5, 0.6) is 0 Å². The zero-order valence-corrected chi connectivity index (χ0v) is 21.0. The quantitative estimate of drug-likeness (QED) is 0.284. The van der Waals surface area contributed by atoms with Crippen molar-refractivity contribution >= 4 is 17.4 Å². The molecular formula is C28H25F3N6O. The minimum Gasteiger partial charge on any atom is -0.305 e. The molecule has 0 spiro atoms. The van der Waals surface area contributed by atoms with Gasteiger partial charge in [0.25, 0.3) is 5.91 Å². The molecule has 7 nitrogen and oxygen atoms in total. The number of carbonyl (C=O) groups is 1. The largest absolute Gasteiger partial charge is 0.433 e. The number of amides is 1. The van der Waals surface area contributed by atoms with Crippen LogP contribution in [0.1, 0.15) is 52.5 Å². The number of nitrogens with one attached hydrogen (secondary N) is 1. The van der Waals surface area contributed by atoms with Gasteiger partial charge in [0.05, 0.1) is 18.4 Å². The molecule has 1 amide bonds. The maximum atomic E-state index is 13.9. The van der Waals surface area contributed by atoms with Gasteiger partial charge in [-0.3, -0.25) is 9.48 Å². The van der Waals surface area contributed by atoms with Gasteiger partial charge in [-0.15, -0.1) is 0 Å². The van der Waals surface area contributed by atoms with Gasteiger partial charge >= 0.3 is 6.18 Å². The molecule has 0 aliphatic carbocycles. The van der Waals surface area contributed by atoms with Gasteiger partial charge in [-0.2, -0.15) is 23.4 Å². The second-order valence-electron chi connectivity index (χ2n) is 9.44. The molecule has 3 heterocycles. The predicted octanol–water partition coefficient (Wildman–Crippen LogP) is 6.34. The molecule has 3 aromatic heterocycles. The van der Waals surface area contributed by atoms with Crippen molar-refractivity contribution in [2.75, 3.05) is 5.32 Å². The number of anilines is 1. The lowest BCUT2D eigenvalue weighted by atomic mass is 10.0. The zero-order chi connectivity index (χ0) is 27.0. The molecule has 0 saturated carbocycles. The number of aryl methyl sites for hydroxylation is 1. The Kier molecular flexibility index (Phi) is 6.48. The molecule has 0 atom stereocenters. The standard InChI is InChI=1S/C28H25F3N6O/c1-17(2)20-7-9-21(10-8-20)23-14-24(28(29,30)31)37-26(33-23)22(15-32-37)27(38)34-25-11-12-36(35-25)16-19-6-4-5-18(3)13-19/h4-15,17H,16H2,1-3H3,(H,34,35,38). The topological polar surface area (TPSA) is 77.1 Å². The minimum atomic E-state index is -4.71. The first-order valence-electron chi connectivity index (χ1n) is 12.0. The summed E-state index contributed by atoms with van der Waals surface area (Å²) in [6, 6.07) is 17.7. The fraction of sp³-hybridized carbons (Fsp3) is 0.214. The Morgan fingerprint density at radius 2 is 1.82 bits per heavy atom. The number of alkyl halides is 3. The molecule has 0 aliphatic rings. The number of hydrogen-bond acceptors (Lipinski definition) is 4. The Morgan fingerprint density at radius 1 is 1.05 bits per heavy atom. The molecule has 38 heavy (non-hydrogen) atoms. The number of carbonyl (C=O) groups excluding carboxylic acids is 1. The van der Waals surface area contributed by atoms with E-state index in [1.807, 2.05) is 57.2 Å². The SMILES string of the molecule is Cc1cccc(Cn2ccc(NC(=O)c3cnn4c(C(F)(F)F)cc(-c5ccc(C(C)C)cc5)nc34)n2)c1. The van der Waals surface area contributed by atoms with Crippen LogP contribution in [-0.2, 0) is 12.7 Å². The number of halogens is 3. The number of aromatic nitrogens is 5. The van der Waals surface area contributed by atoms with Crippen LogP contribution >= 0.6 is 0 Å². The maximum Gasteiger partial charge on any atom is 0.433 e. The first kappa shape index (κ1) is 25.2. The Labute approximate surface area is 216 Å². The van der Waals surface area contributed by atoms with Crippen LogP contribution < -0.4 is 5.32 Å². The monoisotopic (exact) mass is 518 g/mol. The van der Waals surface area contributed by atoms with Crippen molar-refractivity contribution in [1.29, 1.82) is 0 Å². The van der Waals surface area contributed by atoms with E-state index in [0.29, 0.717) is 16.6 Å². The Balaban J connectivity index is 1.46. The molecule has 1 N–H and O–H groups in total. The van der Waals surface area contributed by atoms with Crippen molar-refractivity contribution in [3.8, 4) is 11.3 Å². The molecule has 2 aromatic carbocycles. The highest BCUT2D eigenvalue weighted by Gasteiger charge is 2.36. The number of hydrogen-bond donors (Lipinski definition) is 1. The van der Waals surface area contributed by atoms with Crippen LogP contribution in [0.4, 0.5) is 19.0 Å². The zero-order valence-electron chi connectivity index (χ0n) is 21.0. The second-order valence-corrected chi connectivity index (χ2v) is 9.44. The van der Waals surface area contributed by atoms with Gasteiger partial charge in [-0.25, -0.2) is 9.50 Å². The van der Waals surface area contributed by atoms with E-state index in [9.17, 15) is 18.0 Å². The van der Waals surface area contributed by atoms with Crippen LogP contribution in [-0.4, -0.2) is 30.3 Å². The first-order chi connectivity index (χ1) is 18.1. The fourth-order valence-electron chi connectivity index (χ4n) is 4.21. The van der Waals surface area contributed by atoms with Crippen molar-refractivity contribution in [1.82, 2.24) is 24.4 Å². The third-order valence-electron chi connectivity index (χ3n) is 6.19. The number of nitrogens with zero attached hydrogens (tertiary/aromatic N) is 5. The molecule has 0 aliphatic heterocycles. The van der Waals surface area contributed by atoms with Gasteiger partial charge < -0.3 is 5.32 Å². The molecule has 0 saturated heterocycles. The van der Waals surface area contributed by atoms with E-state index in [1.54, 1.807) is 29.1 Å². The van der Waals surface area contributed by atoms with Crippen LogP contribution in [0.3, 0.4) is 0 Å². The summed E-state index contributed by atoms with van der Waals surface area (Å²) in [5, 5.41) is 10.8. The molecule has 0 fully saturated rings. The van der Waals surface area contributed by atoms with Crippen LogP contribution in [0, 0.1) is 6.92 Å². The molecule has 5 aromatic rings. The predicted molar refractivity (Wildman–Crippen MR) is 138 cm³/mol. The van der Waals surface area contributed by atoms with E-state index in [4.69, 9.17) is 0 Å². The average Bonchev–Trinajstić information content (AvgIpc) is 3.49. The third-order valence-corrected chi connectivity index (χ3v) is 6.19. The molecule has 0 bridgehead atoms. The molecule has 10 heteroatoms. The lowest BCUT2D eigenvalue weighted by Crippen LogP contribution is -2.16. The van der Waals surface area contributed by atoms with Crippen LogP contribution in [0.15, 0.2) is 73.1 Å². The smallest absolute Gasteiger partial charge is 0.305 e. The molecular weight excluding hydrogens is 493 g/mol. The summed E-state index contributed by atoms with van der Waals surface area (Å²) in [4.78, 5) is 17.5. The van der Waals surface area contributed by atoms with E-state index >= 15 is 0 Å². The van der Waals surface area contributed by atoms with Gasteiger partial charge in [0.2, 0.25) is 0 Å². The van der Waals surface area contributed by atoms with Crippen molar-refractivity contribution < 1.29 is 18.0 Å². The summed E-state index contributed by atoms with van der Waals surface area (Å²) in [6.45, 7) is 6.57. The van der Waals surface area contributed by atoms with Gasteiger partial charge in [-0.05, 0) is 30.0 Å². The fourth-order valence-corrected chi connectivity index (χ4v) is 4.21. The molecule has 0 radical (unpaired) electrons. The van der Waals surface area contributed by atoms with Crippen LogP contribution in [0.25, 0.3) is 16.9 Å². The van der Waals surface area contributed by atoms with Gasteiger partial charge in [0.15, 0.2) is 17.2 Å². The van der Waals surface area contributed by atoms with E-state index in [-0.39, 0.29) is 28.6 Å². The van der Waals surface area contributed by atoms with Gasteiger partial charge in [0.1, 0.15) is 5.56 Å². The second kappa shape index (κ2) is 9.77. The third kappa shape index (κ3) is 5.15. The first-order valence-corrected chi connectivity index (χ1v) is 12.0. The lowest BCUT2D eigenvalue weighted by molar-refractivity contribution is -0.142. The Morgan fingerprint density at radius 3 is 2.50 bits per heavy atom.